The molecule has 0 unspecified atom stereocenters. The number of rotatable bonds is 5. The van der Waals surface area contributed by atoms with Crippen molar-refractivity contribution in [3.05, 3.63) is 69.8 Å². The largest absolute Gasteiger partial charge is 0.497 e. The first-order chi connectivity index (χ1) is 11.5. The Bertz CT molecular complexity index is 770. The van der Waals surface area contributed by atoms with Crippen molar-refractivity contribution < 1.29 is 14.3 Å². The minimum absolute atomic E-state index is 0.156. The summed E-state index contributed by atoms with van der Waals surface area (Å²) in [4.78, 5) is 24.5. The molecule has 0 atom stereocenters. The summed E-state index contributed by atoms with van der Waals surface area (Å²) in [5, 5.41) is 5.17. The van der Waals surface area contributed by atoms with Crippen LogP contribution in [0, 0.1) is 0 Å². The van der Waals surface area contributed by atoms with Crippen molar-refractivity contribution in [2.24, 2.45) is 0 Å². The van der Waals surface area contributed by atoms with Crippen LogP contribution in [0.25, 0.3) is 6.08 Å². The molecule has 0 saturated heterocycles. The van der Waals surface area contributed by atoms with E-state index in [0.29, 0.717) is 15.8 Å². The van der Waals surface area contributed by atoms with Crippen LogP contribution in [0.3, 0.4) is 0 Å². The molecule has 0 bridgehead atoms. The third-order valence-corrected chi connectivity index (χ3v) is 3.96. The average molecular weight is 389 g/mol. The van der Waals surface area contributed by atoms with Crippen LogP contribution >= 0.6 is 15.9 Å². The molecule has 124 valence electrons. The second kappa shape index (κ2) is 8.31. The van der Waals surface area contributed by atoms with Crippen molar-refractivity contribution in [2.45, 2.75) is 0 Å². The van der Waals surface area contributed by atoms with E-state index in [2.05, 4.69) is 26.6 Å². The Hall–Kier alpha value is -2.60. The van der Waals surface area contributed by atoms with E-state index in [1.54, 1.807) is 55.7 Å². The molecule has 0 aromatic heterocycles. The number of ether oxygens (including phenoxy) is 1. The molecule has 0 aliphatic carbocycles. The summed E-state index contributed by atoms with van der Waals surface area (Å²) >= 11 is 3.33. The second-order valence-electron chi connectivity index (χ2n) is 4.84. The molecule has 2 aromatic carbocycles. The third kappa shape index (κ3) is 4.45. The molecule has 6 heteroatoms. The lowest BCUT2D eigenvalue weighted by molar-refractivity contribution is -0.117. The molecule has 0 heterocycles. The van der Waals surface area contributed by atoms with Gasteiger partial charge >= 0.3 is 0 Å². The Labute approximate surface area is 148 Å². The van der Waals surface area contributed by atoms with Gasteiger partial charge in [0.25, 0.3) is 11.8 Å². The Morgan fingerprint density at radius 2 is 1.75 bits per heavy atom. The van der Waals surface area contributed by atoms with Crippen LogP contribution in [0.1, 0.15) is 15.9 Å². The standard InChI is InChI=1S/C18H17BrN2O3/c1-20-18(23)16(11-12-7-9-13(24-2)10-8-12)21-17(22)14-5-3-4-6-15(14)19/h3-11H,1-2H3,(H,20,23)(H,21,22). The third-order valence-electron chi connectivity index (χ3n) is 3.27. The highest BCUT2D eigenvalue weighted by molar-refractivity contribution is 9.10. The molecular weight excluding hydrogens is 372 g/mol. The number of carbonyl (C=O) groups is 2. The quantitative estimate of drug-likeness (QED) is 0.773. The summed E-state index contributed by atoms with van der Waals surface area (Å²) in [5.74, 6) is -0.0389. The van der Waals surface area contributed by atoms with Gasteiger partial charge in [0.2, 0.25) is 0 Å². The van der Waals surface area contributed by atoms with E-state index >= 15 is 0 Å². The maximum Gasteiger partial charge on any atom is 0.267 e. The first kappa shape index (κ1) is 17.7. The highest BCUT2D eigenvalue weighted by Crippen LogP contribution is 2.17. The number of methoxy groups -OCH3 is 1. The second-order valence-corrected chi connectivity index (χ2v) is 5.70. The zero-order valence-electron chi connectivity index (χ0n) is 13.3. The Kier molecular flexibility index (Phi) is 6.14. The highest BCUT2D eigenvalue weighted by Gasteiger charge is 2.15. The van der Waals surface area contributed by atoms with Crippen LogP contribution in [-0.4, -0.2) is 26.0 Å². The molecule has 0 saturated carbocycles. The van der Waals surface area contributed by atoms with Gasteiger partial charge in [0, 0.05) is 11.5 Å². The smallest absolute Gasteiger partial charge is 0.267 e. The number of benzene rings is 2. The van der Waals surface area contributed by atoms with Crippen molar-refractivity contribution in [1.29, 1.82) is 0 Å². The molecule has 24 heavy (non-hydrogen) atoms. The number of amides is 2. The lowest BCUT2D eigenvalue weighted by Gasteiger charge is -2.10. The molecule has 0 radical (unpaired) electrons. The molecule has 2 aromatic rings. The van der Waals surface area contributed by atoms with Crippen LogP contribution < -0.4 is 15.4 Å². The molecule has 2 amide bonds. The molecule has 5 nitrogen and oxygen atoms in total. The van der Waals surface area contributed by atoms with Crippen molar-refractivity contribution in [2.75, 3.05) is 14.2 Å². The predicted molar refractivity (Wildman–Crippen MR) is 96.6 cm³/mol. The number of nitrogens with one attached hydrogen (secondary N) is 2. The van der Waals surface area contributed by atoms with Crippen LogP contribution in [-0.2, 0) is 4.79 Å². The highest BCUT2D eigenvalue weighted by atomic mass is 79.9. The normalized spacial score (nSPS) is 10.9. The van der Waals surface area contributed by atoms with Crippen molar-refractivity contribution in [3.8, 4) is 5.75 Å². The first-order valence-corrected chi connectivity index (χ1v) is 7.98. The fraction of sp³-hybridized carbons (Fsp3) is 0.111. The SMILES string of the molecule is CNC(=O)C(=Cc1ccc(OC)cc1)NC(=O)c1ccccc1Br. The van der Waals surface area contributed by atoms with E-state index in [9.17, 15) is 9.59 Å². The lowest BCUT2D eigenvalue weighted by atomic mass is 10.1. The minimum Gasteiger partial charge on any atom is -0.497 e. The van der Waals surface area contributed by atoms with Gasteiger partial charge < -0.3 is 15.4 Å². The van der Waals surface area contributed by atoms with Gasteiger partial charge in [0.15, 0.2) is 0 Å². The van der Waals surface area contributed by atoms with Crippen molar-refractivity contribution in [1.82, 2.24) is 10.6 Å². The average Bonchev–Trinajstić information content (AvgIpc) is 2.61. The molecule has 2 rings (SSSR count). The van der Waals surface area contributed by atoms with E-state index in [1.165, 1.54) is 7.05 Å². The molecule has 0 fully saturated rings. The van der Waals surface area contributed by atoms with Crippen LogP contribution in [0.5, 0.6) is 5.75 Å². The number of halogens is 1. The van der Waals surface area contributed by atoms with Crippen molar-refractivity contribution in [3.63, 3.8) is 0 Å². The van der Waals surface area contributed by atoms with Gasteiger partial charge in [-0.25, -0.2) is 0 Å². The summed E-state index contributed by atoms with van der Waals surface area (Å²) < 4.78 is 5.76. The van der Waals surface area contributed by atoms with Crippen molar-refractivity contribution >= 4 is 33.8 Å². The summed E-state index contributed by atoms with van der Waals surface area (Å²) in [6, 6.07) is 14.2. The van der Waals surface area contributed by atoms with Gasteiger partial charge in [0.1, 0.15) is 11.4 Å². The minimum atomic E-state index is -0.383. The van der Waals surface area contributed by atoms with Crippen LogP contribution in [0.4, 0.5) is 0 Å². The number of carbonyl (C=O) groups excluding carboxylic acids is 2. The fourth-order valence-electron chi connectivity index (χ4n) is 1.99. The number of hydrogen-bond donors (Lipinski definition) is 2. The van der Waals surface area contributed by atoms with E-state index < -0.39 is 0 Å². The molecule has 0 spiro atoms. The maximum atomic E-state index is 12.4. The topological polar surface area (TPSA) is 67.4 Å². The molecular formula is C18H17BrN2O3. The Morgan fingerprint density at radius 1 is 1.08 bits per heavy atom. The number of hydrogen-bond acceptors (Lipinski definition) is 3. The first-order valence-electron chi connectivity index (χ1n) is 7.19. The zero-order valence-corrected chi connectivity index (χ0v) is 14.9. The van der Waals surface area contributed by atoms with E-state index in [4.69, 9.17) is 4.74 Å². The van der Waals surface area contributed by atoms with Gasteiger partial charge in [-0.2, -0.15) is 0 Å². The van der Waals surface area contributed by atoms with E-state index in [0.717, 1.165) is 5.56 Å². The van der Waals surface area contributed by atoms with Crippen LogP contribution in [0.2, 0.25) is 0 Å². The summed E-state index contributed by atoms with van der Waals surface area (Å²) in [5.41, 5.74) is 1.37. The molecule has 0 aliphatic rings. The maximum absolute atomic E-state index is 12.4. The van der Waals surface area contributed by atoms with Gasteiger partial charge in [0.05, 0.1) is 12.7 Å². The van der Waals surface area contributed by atoms with Gasteiger partial charge in [-0.05, 0) is 51.8 Å². The summed E-state index contributed by atoms with van der Waals surface area (Å²) in [6.07, 6.45) is 1.60. The van der Waals surface area contributed by atoms with E-state index in [-0.39, 0.29) is 17.5 Å². The summed E-state index contributed by atoms with van der Waals surface area (Å²) in [7, 11) is 3.09. The number of likely N-dealkylation sites (N-methyl/N-ethyl adjacent to an activating group) is 1. The lowest BCUT2D eigenvalue weighted by Crippen LogP contribution is -2.33. The predicted octanol–water partition coefficient (Wildman–Crippen LogP) is 2.97. The van der Waals surface area contributed by atoms with Gasteiger partial charge in [-0.15, -0.1) is 0 Å². The van der Waals surface area contributed by atoms with Crippen LogP contribution in [0.15, 0.2) is 58.7 Å². The zero-order chi connectivity index (χ0) is 17.5. The Morgan fingerprint density at radius 3 is 2.33 bits per heavy atom. The monoisotopic (exact) mass is 388 g/mol. The molecule has 0 aliphatic heterocycles. The molecule has 2 N–H and O–H groups in total. The van der Waals surface area contributed by atoms with Gasteiger partial charge in [-0.3, -0.25) is 9.59 Å². The van der Waals surface area contributed by atoms with E-state index in [1.807, 2.05) is 6.07 Å². The van der Waals surface area contributed by atoms with Gasteiger partial charge in [-0.1, -0.05) is 24.3 Å². The fourth-order valence-corrected chi connectivity index (χ4v) is 2.46. The Balaban J connectivity index is 2.28. The summed E-state index contributed by atoms with van der Waals surface area (Å²) in [6.45, 7) is 0.